The molecule has 21 heavy (non-hydrogen) atoms. The largest absolute Gasteiger partial charge is 0.457 e. The fraction of sp³-hybridized carbons (Fsp3) is 0.200. The van der Waals surface area contributed by atoms with Crippen LogP contribution in [0.15, 0.2) is 36.1 Å². The molecule has 0 amide bonds. The maximum Gasteiger partial charge on any atom is 0.168 e. The van der Waals surface area contributed by atoms with Gasteiger partial charge in [0, 0.05) is 12.1 Å². The number of benzene rings is 1. The molecule has 0 saturated carbocycles. The lowest BCUT2D eigenvalue weighted by Gasteiger charge is -2.29. The molecule has 2 rings (SSSR count). The van der Waals surface area contributed by atoms with E-state index in [0.29, 0.717) is 12.1 Å². The fourth-order valence-electron chi connectivity index (χ4n) is 1.91. The van der Waals surface area contributed by atoms with Crippen molar-refractivity contribution in [1.82, 2.24) is 0 Å². The first-order valence-corrected chi connectivity index (χ1v) is 5.94. The van der Waals surface area contributed by atoms with E-state index in [1.54, 1.807) is 0 Å². The van der Waals surface area contributed by atoms with E-state index in [1.165, 1.54) is 25.2 Å². The average Bonchev–Trinajstić information content (AvgIpc) is 2.46. The van der Waals surface area contributed by atoms with E-state index in [0.717, 1.165) is 0 Å². The van der Waals surface area contributed by atoms with Gasteiger partial charge < -0.3 is 4.74 Å². The SMILES string of the molecule is CC1(C#N)C(Oc2cc(F)c(F)cc2F)=CC=CC1C#N. The van der Waals surface area contributed by atoms with Crippen molar-refractivity contribution in [3.05, 3.63) is 53.6 Å². The summed E-state index contributed by atoms with van der Waals surface area (Å²) < 4.78 is 44.9. The van der Waals surface area contributed by atoms with Gasteiger partial charge in [0.2, 0.25) is 0 Å². The minimum absolute atomic E-state index is 0.0102. The van der Waals surface area contributed by atoms with Gasteiger partial charge in [0.05, 0.1) is 18.1 Å². The number of rotatable bonds is 2. The molecule has 106 valence electrons. The zero-order chi connectivity index (χ0) is 15.6. The molecule has 2 atom stereocenters. The van der Waals surface area contributed by atoms with Gasteiger partial charge in [-0.2, -0.15) is 10.5 Å². The highest BCUT2D eigenvalue weighted by Crippen LogP contribution is 2.40. The van der Waals surface area contributed by atoms with Gasteiger partial charge in [-0.25, -0.2) is 13.2 Å². The topological polar surface area (TPSA) is 56.8 Å². The van der Waals surface area contributed by atoms with E-state index >= 15 is 0 Å². The van der Waals surface area contributed by atoms with Gasteiger partial charge in [-0.1, -0.05) is 12.2 Å². The van der Waals surface area contributed by atoms with Crippen molar-refractivity contribution in [3.8, 4) is 17.9 Å². The predicted octanol–water partition coefficient (Wildman–Crippen LogP) is 3.61. The summed E-state index contributed by atoms with van der Waals surface area (Å²) in [7, 11) is 0. The summed E-state index contributed by atoms with van der Waals surface area (Å²) in [6.07, 6.45) is 4.38. The molecule has 0 spiro atoms. The molecule has 0 aromatic heterocycles. The van der Waals surface area contributed by atoms with Gasteiger partial charge in [0.15, 0.2) is 23.2 Å². The first kappa shape index (κ1) is 14.7. The fourth-order valence-corrected chi connectivity index (χ4v) is 1.91. The number of halogens is 3. The first-order valence-electron chi connectivity index (χ1n) is 5.94. The molecule has 0 N–H and O–H groups in total. The molecule has 0 bridgehead atoms. The summed E-state index contributed by atoms with van der Waals surface area (Å²) in [6, 6.07) is 4.79. The summed E-state index contributed by atoms with van der Waals surface area (Å²) in [6.45, 7) is 1.45. The minimum Gasteiger partial charge on any atom is -0.457 e. The molecule has 1 aliphatic rings. The Morgan fingerprint density at radius 2 is 1.81 bits per heavy atom. The van der Waals surface area contributed by atoms with Crippen LogP contribution in [-0.2, 0) is 0 Å². The third-order valence-corrected chi connectivity index (χ3v) is 3.25. The van der Waals surface area contributed by atoms with Crippen molar-refractivity contribution in [3.63, 3.8) is 0 Å². The lowest BCUT2D eigenvalue weighted by Crippen LogP contribution is -2.30. The van der Waals surface area contributed by atoms with Gasteiger partial charge in [-0.15, -0.1) is 0 Å². The number of ether oxygens (including phenoxy) is 1. The third kappa shape index (κ3) is 2.48. The van der Waals surface area contributed by atoms with Gasteiger partial charge in [-0.05, 0) is 13.0 Å². The maximum absolute atomic E-state index is 13.6. The van der Waals surface area contributed by atoms with E-state index in [2.05, 4.69) is 0 Å². The number of nitrogens with zero attached hydrogens (tertiary/aromatic N) is 2. The van der Waals surface area contributed by atoms with E-state index < -0.39 is 34.5 Å². The summed E-state index contributed by atoms with van der Waals surface area (Å²) in [5.74, 6) is -5.06. The van der Waals surface area contributed by atoms with Crippen molar-refractivity contribution < 1.29 is 17.9 Å². The second kappa shape index (κ2) is 5.34. The van der Waals surface area contributed by atoms with Crippen LogP contribution in [0.3, 0.4) is 0 Å². The first-order chi connectivity index (χ1) is 9.92. The molecule has 1 aliphatic carbocycles. The van der Waals surface area contributed by atoms with Crippen LogP contribution in [0.5, 0.6) is 5.75 Å². The molecular formula is C15H9F3N2O. The lowest BCUT2D eigenvalue weighted by molar-refractivity contribution is 0.268. The van der Waals surface area contributed by atoms with Gasteiger partial charge in [0.1, 0.15) is 11.2 Å². The molecule has 1 aromatic rings. The molecular weight excluding hydrogens is 281 g/mol. The highest BCUT2D eigenvalue weighted by atomic mass is 19.2. The average molecular weight is 290 g/mol. The molecule has 0 fully saturated rings. The molecule has 0 radical (unpaired) electrons. The van der Waals surface area contributed by atoms with Crippen LogP contribution < -0.4 is 4.74 Å². The standard InChI is InChI=1S/C15H9F3N2O/c1-15(8-20)9(7-19)3-2-4-14(15)21-13-6-11(17)10(16)5-12(13)18/h2-6,9H,1H3. The van der Waals surface area contributed by atoms with Crippen LogP contribution in [-0.4, -0.2) is 0 Å². The maximum atomic E-state index is 13.6. The Labute approximate surface area is 119 Å². The van der Waals surface area contributed by atoms with Gasteiger partial charge in [0.25, 0.3) is 0 Å². The van der Waals surface area contributed by atoms with E-state index in [4.69, 9.17) is 10.00 Å². The highest BCUT2D eigenvalue weighted by molar-refractivity contribution is 5.37. The molecule has 1 aromatic carbocycles. The molecule has 2 unspecified atom stereocenters. The van der Waals surface area contributed by atoms with Crippen molar-refractivity contribution >= 4 is 0 Å². The Morgan fingerprint density at radius 1 is 1.14 bits per heavy atom. The molecule has 0 heterocycles. The third-order valence-electron chi connectivity index (χ3n) is 3.25. The lowest BCUT2D eigenvalue weighted by atomic mass is 9.74. The molecule has 6 heteroatoms. The summed E-state index contributed by atoms with van der Waals surface area (Å²) >= 11 is 0. The number of hydrogen-bond donors (Lipinski definition) is 0. The highest BCUT2D eigenvalue weighted by Gasteiger charge is 2.41. The second-order valence-electron chi connectivity index (χ2n) is 4.64. The molecule has 3 nitrogen and oxygen atoms in total. The summed E-state index contributed by atoms with van der Waals surface area (Å²) in [4.78, 5) is 0. The Morgan fingerprint density at radius 3 is 2.43 bits per heavy atom. The Hall–Kier alpha value is -2.73. The zero-order valence-electron chi connectivity index (χ0n) is 10.9. The van der Waals surface area contributed by atoms with E-state index in [-0.39, 0.29) is 5.76 Å². The normalized spacial score (nSPS) is 23.9. The predicted molar refractivity (Wildman–Crippen MR) is 67.0 cm³/mol. The van der Waals surface area contributed by atoms with Crippen molar-refractivity contribution in [1.29, 1.82) is 10.5 Å². The van der Waals surface area contributed by atoms with Crippen molar-refractivity contribution in [2.45, 2.75) is 6.92 Å². The van der Waals surface area contributed by atoms with Crippen LogP contribution in [0.25, 0.3) is 0 Å². The van der Waals surface area contributed by atoms with Crippen molar-refractivity contribution in [2.75, 3.05) is 0 Å². The number of allylic oxidation sites excluding steroid dienone is 4. The number of hydrogen-bond acceptors (Lipinski definition) is 3. The monoisotopic (exact) mass is 290 g/mol. The molecule has 0 aliphatic heterocycles. The number of nitriles is 2. The minimum atomic E-state index is -1.35. The Balaban J connectivity index is 2.42. The Bertz CT molecular complexity index is 728. The smallest absolute Gasteiger partial charge is 0.168 e. The van der Waals surface area contributed by atoms with Crippen molar-refractivity contribution in [2.24, 2.45) is 11.3 Å². The van der Waals surface area contributed by atoms with Crippen LogP contribution in [0.1, 0.15) is 6.92 Å². The van der Waals surface area contributed by atoms with Gasteiger partial charge >= 0.3 is 0 Å². The summed E-state index contributed by atoms with van der Waals surface area (Å²) in [5.41, 5.74) is -1.35. The van der Waals surface area contributed by atoms with E-state index in [9.17, 15) is 18.4 Å². The van der Waals surface area contributed by atoms with Crippen LogP contribution in [0, 0.1) is 51.4 Å². The van der Waals surface area contributed by atoms with Crippen LogP contribution in [0.2, 0.25) is 0 Å². The van der Waals surface area contributed by atoms with Crippen LogP contribution in [0.4, 0.5) is 13.2 Å². The van der Waals surface area contributed by atoms with Crippen LogP contribution >= 0.6 is 0 Å². The van der Waals surface area contributed by atoms with E-state index in [1.807, 2.05) is 12.1 Å². The quantitative estimate of drug-likeness (QED) is 0.782. The van der Waals surface area contributed by atoms with Gasteiger partial charge in [-0.3, -0.25) is 0 Å². The zero-order valence-corrected chi connectivity index (χ0v) is 10.9. The molecule has 0 saturated heterocycles. The Kier molecular flexibility index (Phi) is 3.73. The summed E-state index contributed by atoms with van der Waals surface area (Å²) in [5, 5.41) is 18.3. The second-order valence-corrected chi connectivity index (χ2v) is 4.64.